The Kier molecular flexibility index (Phi) is 5.82. The fourth-order valence-corrected chi connectivity index (χ4v) is 5.97. The Balaban J connectivity index is 1.60. The van der Waals surface area contributed by atoms with Crippen LogP contribution in [-0.4, -0.2) is 28.6 Å². The fourth-order valence-electron chi connectivity index (χ4n) is 3.79. The summed E-state index contributed by atoms with van der Waals surface area (Å²) in [5.74, 6) is -3.67. The largest absolute Gasteiger partial charge is 0.343 e. The van der Waals surface area contributed by atoms with E-state index in [1.807, 2.05) is 0 Å². The van der Waals surface area contributed by atoms with Gasteiger partial charge in [-0.2, -0.15) is 5.10 Å². The Morgan fingerprint density at radius 3 is 2.49 bits per heavy atom. The molecular weight excluding hydrogens is 524 g/mol. The first-order chi connectivity index (χ1) is 16.7. The number of aromatic nitrogens is 4. The van der Waals surface area contributed by atoms with Gasteiger partial charge < -0.3 is 4.98 Å². The Morgan fingerprint density at radius 1 is 0.971 bits per heavy atom. The van der Waals surface area contributed by atoms with Crippen LogP contribution in [0.2, 0.25) is 10.0 Å². The quantitative estimate of drug-likeness (QED) is 0.275. The van der Waals surface area contributed by atoms with Gasteiger partial charge in [0.1, 0.15) is 22.8 Å². The molecule has 35 heavy (non-hydrogen) atoms. The van der Waals surface area contributed by atoms with Crippen molar-refractivity contribution in [2.24, 2.45) is 0 Å². The topological polar surface area (TPSA) is 91.5 Å². The van der Waals surface area contributed by atoms with E-state index in [1.165, 1.54) is 36.5 Å². The zero-order valence-electron chi connectivity index (χ0n) is 17.4. The van der Waals surface area contributed by atoms with Crippen molar-refractivity contribution in [1.82, 2.24) is 20.2 Å². The summed E-state index contributed by atoms with van der Waals surface area (Å²) in [6.07, 6.45) is 3.09. The van der Waals surface area contributed by atoms with Crippen molar-refractivity contribution >= 4 is 43.9 Å². The molecule has 0 amide bonds. The highest BCUT2D eigenvalue weighted by Crippen LogP contribution is 2.36. The normalized spacial score (nSPS) is 11.9. The second kappa shape index (κ2) is 8.71. The van der Waals surface area contributed by atoms with Crippen molar-refractivity contribution in [3.05, 3.63) is 87.9 Å². The van der Waals surface area contributed by atoms with E-state index >= 15 is 8.78 Å². The monoisotopic (exact) mass is 536 g/mol. The summed E-state index contributed by atoms with van der Waals surface area (Å²) >= 11 is 11.8. The number of nitrogens with zero attached hydrogens (tertiary/aromatic N) is 2. The lowest BCUT2D eigenvalue weighted by Crippen LogP contribution is -2.09. The smallest absolute Gasteiger partial charge is 0.184 e. The van der Waals surface area contributed by atoms with Crippen LogP contribution in [0.5, 0.6) is 0 Å². The van der Waals surface area contributed by atoms with Crippen LogP contribution in [0.3, 0.4) is 0 Å². The number of H-pyrrole nitrogens is 2. The van der Waals surface area contributed by atoms with Gasteiger partial charge in [-0.15, -0.1) is 0 Å². The highest BCUT2D eigenvalue weighted by Gasteiger charge is 2.26. The van der Waals surface area contributed by atoms with Crippen molar-refractivity contribution in [1.29, 1.82) is 0 Å². The molecule has 0 unspecified atom stereocenters. The van der Waals surface area contributed by atoms with E-state index in [9.17, 15) is 12.8 Å². The number of sulfone groups is 1. The summed E-state index contributed by atoms with van der Waals surface area (Å²) in [6.45, 7) is 0. The molecule has 0 aliphatic heterocycles. The molecule has 178 valence electrons. The lowest BCUT2D eigenvalue weighted by atomic mass is 9.99. The summed E-state index contributed by atoms with van der Waals surface area (Å²) in [5.41, 5.74) is -1.23. The maximum atomic E-state index is 15.5. The van der Waals surface area contributed by atoms with Gasteiger partial charge in [-0.05, 0) is 30.3 Å². The van der Waals surface area contributed by atoms with Crippen LogP contribution < -0.4 is 0 Å². The third-order valence-corrected chi connectivity index (χ3v) is 7.79. The van der Waals surface area contributed by atoms with Gasteiger partial charge in [-0.25, -0.2) is 26.6 Å². The first kappa shape index (κ1) is 23.4. The summed E-state index contributed by atoms with van der Waals surface area (Å²) in [7, 11) is -4.14. The van der Waals surface area contributed by atoms with Gasteiger partial charge in [0.25, 0.3) is 0 Å². The molecule has 0 bridgehead atoms. The van der Waals surface area contributed by atoms with Gasteiger partial charge in [0.15, 0.2) is 21.5 Å². The van der Waals surface area contributed by atoms with Crippen LogP contribution in [0.25, 0.3) is 33.5 Å². The number of hydrogen-bond donors (Lipinski definition) is 2. The second-order valence-electron chi connectivity index (χ2n) is 7.59. The Morgan fingerprint density at radius 2 is 1.77 bits per heavy atom. The summed E-state index contributed by atoms with van der Waals surface area (Å²) in [4.78, 5) is 6.69. The standard InChI is InChI=1S/C23H13Cl2F3N4O2S/c24-12-2-6-17(15(25)9-12)35(33,34)10-11-1-5-16(26)18(19(11)27)13-3-4-14-21(20(13)28)31-32-22(14)23-29-7-8-30-23/h1-9H,10H2,(H,29,30)(H,31,32). The highest BCUT2D eigenvalue weighted by molar-refractivity contribution is 7.90. The lowest BCUT2D eigenvalue weighted by Gasteiger charge is -2.12. The minimum absolute atomic E-state index is 0.136. The molecule has 0 saturated carbocycles. The van der Waals surface area contributed by atoms with E-state index in [0.29, 0.717) is 16.9 Å². The lowest BCUT2D eigenvalue weighted by molar-refractivity contribution is 0.570. The zero-order valence-corrected chi connectivity index (χ0v) is 19.7. The molecule has 2 heterocycles. The molecule has 0 spiro atoms. The van der Waals surface area contributed by atoms with Crippen molar-refractivity contribution in [2.75, 3.05) is 0 Å². The van der Waals surface area contributed by atoms with E-state index in [2.05, 4.69) is 20.2 Å². The summed E-state index contributed by atoms with van der Waals surface area (Å²) in [5, 5.41) is 7.03. The maximum Gasteiger partial charge on any atom is 0.184 e. The molecule has 0 aliphatic carbocycles. The molecule has 3 aromatic carbocycles. The molecule has 0 saturated heterocycles. The minimum atomic E-state index is -4.14. The predicted molar refractivity (Wildman–Crippen MR) is 126 cm³/mol. The van der Waals surface area contributed by atoms with E-state index < -0.39 is 44.2 Å². The van der Waals surface area contributed by atoms with Gasteiger partial charge in [0.05, 0.1) is 21.2 Å². The van der Waals surface area contributed by atoms with Gasteiger partial charge in [0.2, 0.25) is 0 Å². The molecule has 0 aliphatic rings. The van der Waals surface area contributed by atoms with Crippen LogP contribution in [0.4, 0.5) is 13.2 Å². The number of nitrogens with one attached hydrogen (secondary N) is 2. The van der Waals surface area contributed by atoms with E-state index in [0.717, 1.165) is 12.1 Å². The van der Waals surface area contributed by atoms with Gasteiger partial charge in [0, 0.05) is 33.9 Å². The highest BCUT2D eigenvalue weighted by atomic mass is 35.5. The first-order valence-electron chi connectivity index (χ1n) is 9.99. The minimum Gasteiger partial charge on any atom is -0.343 e. The van der Waals surface area contributed by atoms with Crippen LogP contribution >= 0.6 is 23.2 Å². The second-order valence-corrected chi connectivity index (χ2v) is 10.4. The summed E-state index contributed by atoms with van der Waals surface area (Å²) < 4.78 is 71.4. The molecule has 0 radical (unpaired) electrons. The van der Waals surface area contributed by atoms with Gasteiger partial charge in [-0.3, -0.25) is 5.10 Å². The van der Waals surface area contributed by atoms with Crippen LogP contribution in [-0.2, 0) is 15.6 Å². The number of benzene rings is 3. The van der Waals surface area contributed by atoms with Crippen molar-refractivity contribution < 1.29 is 21.6 Å². The average Bonchev–Trinajstić information content (AvgIpc) is 3.47. The molecule has 0 atom stereocenters. The van der Waals surface area contributed by atoms with Crippen LogP contribution in [0, 0.1) is 17.5 Å². The van der Waals surface area contributed by atoms with Crippen LogP contribution in [0.15, 0.2) is 59.8 Å². The molecule has 2 aromatic heterocycles. The number of aromatic amines is 2. The third kappa shape index (κ3) is 4.07. The number of hydrogen-bond acceptors (Lipinski definition) is 4. The van der Waals surface area contributed by atoms with Crippen molar-refractivity contribution in [2.45, 2.75) is 10.6 Å². The van der Waals surface area contributed by atoms with Crippen LogP contribution in [0.1, 0.15) is 5.56 Å². The predicted octanol–water partition coefficient (Wildman–Crippen LogP) is 6.32. The van der Waals surface area contributed by atoms with E-state index in [-0.39, 0.29) is 26.0 Å². The number of fused-ring (bicyclic) bond motifs is 1. The third-order valence-electron chi connectivity index (χ3n) is 5.41. The molecule has 12 heteroatoms. The Hall–Kier alpha value is -3.34. The number of rotatable bonds is 5. The summed E-state index contributed by atoms with van der Waals surface area (Å²) in [6, 6.07) is 8.31. The van der Waals surface area contributed by atoms with Crippen molar-refractivity contribution in [3.8, 4) is 22.6 Å². The molecule has 6 nitrogen and oxygen atoms in total. The zero-order chi connectivity index (χ0) is 24.9. The van der Waals surface area contributed by atoms with Crippen molar-refractivity contribution in [3.63, 3.8) is 0 Å². The molecule has 0 fully saturated rings. The number of halogens is 5. The maximum absolute atomic E-state index is 15.5. The molecule has 2 N–H and O–H groups in total. The fraction of sp³-hybridized carbons (Fsp3) is 0.0435. The van der Waals surface area contributed by atoms with Gasteiger partial charge >= 0.3 is 0 Å². The van der Waals surface area contributed by atoms with Gasteiger partial charge in [-0.1, -0.05) is 35.3 Å². The van der Waals surface area contributed by atoms with E-state index in [4.69, 9.17) is 23.2 Å². The molecule has 5 rings (SSSR count). The Labute approximate surface area is 206 Å². The Bertz CT molecular complexity index is 1700. The first-order valence-corrected chi connectivity index (χ1v) is 12.4. The average molecular weight is 537 g/mol. The van der Waals surface area contributed by atoms with E-state index in [1.54, 1.807) is 6.20 Å². The SMILES string of the molecule is O=S(=O)(Cc1ccc(F)c(-c2ccc3c(-c4ncc[nH]4)[nH]nc3c2F)c1F)c1ccc(Cl)cc1Cl. The number of imidazole rings is 1. The molecular formula is C23H13Cl2F3N4O2S. The molecule has 5 aromatic rings.